The van der Waals surface area contributed by atoms with Gasteiger partial charge in [0.2, 0.25) is 0 Å². The number of benzene rings is 3. The van der Waals surface area contributed by atoms with Gasteiger partial charge in [-0.2, -0.15) is 10.4 Å². The normalized spacial score (nSPS) is 16.7. The fraction of sp³-hybridized carbons (Fsp3) is 0.130. The van der Waals surface area contributed by atoms with Crippen LogP contribution >= 0.6 is 0 Å². The second kappa shape index (κ2) is 7.95. The summed E-state index contributed by atoms with van der Waals surface area (Å²) in [6.45, 7) is 0. The molecule has 29 heavy (non-hydrogen) atoms. The second-order valence-electron chi connectivity index (χ2n) is 6.80. The molecule has 1 heterocycles. The summed E-state index contributed by atoms with van der Waals surface area (Å²) in [5, 5.41) is 27.5. The van der Waals surface area contributed by atoms with Crippen molar-refractivity contribution in [1.82, 2.24) is 5.01 Å². The predicted octanol–water partition coefficient (Wildman–Crippen LogP) is 5.01. The van der Waals surface area contributed by atoms with Gasteiger partial charge >= 0.3 is 0 Å². The molecule has 0 aromatic heterocycles. The zero-order valence-corrected chi connectivity index (χ0v) is 15.6. The van der Waals surface area contributed by atoms with Gasteiger partial charge in [0.05, 0.1) is 22.7 Å². The first-order chi connectivity index (χ1) is 14.2. The van der Waals surface area contributed by atoms with Crippen LogP contribution in [0.4, 0.5) is 5.69 Å². The number of nitro groups is 1. The third-order valence-corrected chi connectivity index (χ3v) is 5.04. The van der Waals surface area contributed by atoms with E-state index in [9.17, 15) is 15.4 Å². The fourth-order valence-electron chi connectivity index (χ4n) is 3.58. The lowest BCUT2D eigenvalue weighted by Gasteiger charge is -2.28. The average molecular weight is 382 g/mol. The molecule has 0 radical (unpaired) electrons. The topological polar surface area (TPSA) is 82.5 Å². The Morgan fingerprint density at radius 2 is 1.62 bits per heavy atom. The zero-order chi connectivity index (χ0) is 20.2. The van der Waals surface area contributed by atoms with Gasteiger partial charge in [0, 0.05) is 18.6 Å². The molecule has 0 spiro atoms. The van der Waals surface area contributed by atoms with E-state index in [1.807, 2.05) is 65.7 Å². The first kappa shape index (κ1) is 18.4. The maximum Gasteiger partial charge on any atom is 0.269 e. The lowest BCUT2D eigenvalue weighted by molar-refractivity contribution is -0.384. The number of nitriles is 1. The molecule has 4 rings (SSSR count). The largest absolute Gasteiger partial charge is 0.269 e. The standard InChI is InChI=1S/C23H18N4O2/c24-16-23(19-11-13-20(14-12-19)27(28)29)26-22(18-9-5-2-6-10-18)15-21(25-26)17-7-3-1-4-8-17/h1-14,22-23H,15H2/t22-,23+/m0/s1. The Labute approximate surface area is 168 Å². The molecule has 0 unspecified atom stereocenters. The Bertz CT molecular complexity index is 1070. The highest BCUT2D eigenvalue weighted by molar-refractivity contribution is 6.01. The van der Waals surface area contributed by atoms with Crippen LogP contribution in [0.2, 0.25) is 0 Å². The third-order valence-electron chi connectivity index (χ3n) is 5.04. The molecule has 0 aliphatic carbocycles. The number of hydrogen-bond donors (Lipinski definition) is 0. The van der Waals surface area contributed by atoms with Gasteiger partial charge in [0.15, 0.2) is 6.04 Å². The summed E-state index contributed by atoms with van der Waals surface area (Å²) in [5.41, 5.74) is 3.69. The molecule has 6 heteroatoms. The molecule has 2 atom stereocenters. The summed E-state index contributed by atoms with van der Waals surface area (Å²) in [4.78, 5) is 10.5. The van der Waals surface area contributed by atoms with Gasteiger partial charge in [-0.25, -0.2) is 0 Å². The van der Waals surface area contributed by atoms with E-state index in [0.717, 1.165) is 16.8 Å². The molecular weight excluding hydrogens is 364 g/mol. The molecule has 0 saturated heterocycles. The van der Waals surface area contributed by atoms with Crippen LogP contribution in [-0.2, 0) is 0 Å². The number of hydrogen-bond acceptors (Lipinski definition) is 5. The van der Waals surface area contributed by atoms with E-state index in [-0.39, 0.29) is 11.7 Å². The minimum Gasteiger partial charge on any atom is -0.267 e. The maximum atomic E-state index is 11.0. The van der Waals surface area contributed by atoms with Gasteiger partial charge in [0.25, 0.3) is 5.69 Å². The van der Waals surface area contributed by atoms with Crippen LogP contribution in [0, 0.1) is 21.4 Å². The first-order valence-electron chi connectivity index (χ1n) is 9.27. The Morgan fingerprint density at radius 3 is 2.21 bits per heavy atom. The molecule has 0 saturated carbocycles. The van der Waals surface area contributed by atoms with E-state index >= 15 is 0 Å². The molecule has 3 aromatic carbocycles. The van der Waals surface area contributed by atoms with Crippen LogP contribution in [-0.4, -0.2) is 15.6 Å². The molecule has 1 aliphatic rings. The highest BCUT2D eigenvalue weighted by Crippen LogP contribution is 2.39. The van der Waals surface area contributed by atoms with E-state index in [2.05, 4.69) is 6.07 Å². The van der Waals surface area contributed by atoms with Gasteiger partial charge in [-0.05, 0) is 28.8 Å². The van der Waals surface area contributed by atoms with Crippen LogP contribution in [0.15, 0.2) is 90.0 Å². The van der Waals surface area contributed by atoms with Crippen molar-refractivity contribution in [3.8, 4) is 6.07 Å². The molecule has 142 valence electrons. The Kier molecular flexibility index (Phi) is 5.04. The molecule has 0 N–H and O–H groups in total. The second-order valence-corrected chi connectivity index (χ2v) is 6.80. The molecule has 6 nitrogen and oxygen atoms in total. The van der Waals surface area contributed by atoms with E-state index in [4.69, 9.17) is 5.10 Å². The van der Waals surface area contributed by atoms with Crippen molar-refractivity contribution in [3.05, 3.63) is 112 Å². The quantitative estimate of drug-likeness (QED) is 0.459. The van der Waals surface area contributed by atoms with Gasteiger partial charge in [-0.15, -0.1) is 0 Å². The van der Waals surface area contributed by atoms with Crippen molar-refractivity contribution in [2.24, 2.45) is 5.10 Å². The van der Waals surface area contributed by atoms with Gasteiger partial charge in [-0.3, -0.25) is 15.1 Å². The van der Waals surface area contributed by atoms with E-state index < -0.39 is 11.0 Å². The first-order valence-corrected chi connectivity index (χ1v) is 9.27. The van der Waals surface area contributed by atoms with Crippen molar-refractivity contribution >= 4 is 11.4 Å². The number of nitrogens with zero attached hydrogens (tertiary/aromatic N) is 4. The molecular formula is C23H18N4O2. The van der Waals surface area contributed by atoms with Crippen molar-refractivity contribution < 1.29 is 4.92 Å². The summed E-state index contributed by atoms with van der Waals surface area (Å²) in [5.74, 6) is 0. The summed E-state index contributed by atoms with van der Waals surface area (Å²) in [6, 6.07) is 27.6. The summed E-state index contributed by atoms with van der Waals surface area (Å²) in [6.07, 6.45) is 0.680. The number of non-ortho nitro benzene ring substituents is 1. The van der Waals surface area contributed by atoms with Crippen molar-refractivity contribution in [1.29, 1.82) is 5.26 Å². The molecule has 0 bridgehead atoms. The maximum absolute atomic E-state index is 11.0. The van der Waals surface area contributed by atoms with Crippen molar-refractivity contribution in [2.75, 3.05) is 0 Å². The summed E-state index contributed by atoms with van der Waals surface area (Å²) >= 11 is 0. The van der Waals surface area contributed by atoms with Crippen molar-refractivity contribution in [3.63, 3.8) is 0 Å². The molecule has 1 aliphatic heterocycles. The highest BCUT2D eigenvalue weighted by Gasteiger charge is 2.34. The average Bonchev–Trinajstić information content (AvgIpc) is 3.21. The molecule has 0 fully saturated rings. The minimum absolute atomic E-state index is 0.0000491. The SMILES string of the molecule is N#C[C@H](c1ccc([N+](=O)[O-])cc1)N1N=C(c2ccccc2)C[C@H]1c1ccccc1. The van der Waals surface area contributed by atoms with Gasteiger partial charge < -0.3 is 0 Å². The van der Waals surface area contributed by atoms with E-state index in [0.29, 0.717) is 12.0 Å². The Morgan fingerprint density at radius 1 is 1.00 bits per heavy atom. The monoisotopic (exact) mass is 382 g/mol. The smallest absolute Gasteiger partial charge is 0.267 e. The minimum atomic E-state index is -0.651. The fourth-order valence-corrected chi connectivity index (χ4v) is 3.58. The molecule has 3 aromatic rings. The Balaban J connectivity index is 1.74. The van der Waals surface area contributed by atoms with E-state index in [1.54, 1.807) is 12.1 Å². The van der Waals surface area contributed by atoms with Crippen LogP contribution in [0.1, 0.15) is 35.2 Å². The highest BCUT2D eigenvalue weighted by atomic mass is 16.6. The van der Waals surface area contributed by atoms with Crippen LogP contribution in [0.3, 0.4) is 0 Å². The third kappa shape index (κ3) is 3.71. The van der Waals surface area contributed by atoms with Crippen LogP contribution in [0.25, 0.3) is 0 Å². The number of rotatable bonds is 5. The lowest BCUT2D eigenvalue weighted by Crippen LogP contribution is -2.24. The summed E-state index contributed by atoms with van der Waals surface area (Å²) < 4.78 is 0. The molecule has 0 amide bonds. The lowest BCUT2D eigenvalue weighted by atomic mass is 9.97. The zero-order valence-electron chi connectivity index (χ0n) is 15.6. The number of hydrazone groups is 1. The van der Waals surface area contributed by atoms with Crippen LogP contribution in [0.5, 0.6) is 0 Å². The predicted molar refractivity (Wildman–Crippen MR) is 110 cm³/mol. The van der Waals surface area contributed by atoms with E-state index in [1.165, 1.54) is 12.1 Å². The number of nitro benzene ring substituents is 1. The summed E-state index contributed by atoms with van der Waals surface area (Å²) in [7, 11) is 0. The van der Waals surface area contributed by atoms with Crippen molar-refractivity contribution in [2.45, 2.75) is 18.5 Å². The van der Waals surface area contributed by atoms with Crippen LogP contribution < -0.4 is 0 Å². The van der Waals surface area contributed by atoms with Gasteiger partial charge in [-0.1, -0.05) is 60.7 Å². The van der Waals surface area contributed by atoms with Gasteiger partial charge in [0.1, 0.15) is 0 Å². The Hall–Kier alpha value is -3.98.